The summed E-state index contributed by atoms with van der Waals surface area (Å²) in [6.45, 7) is 3.18. The lowest BCUT2D eigenvalue weighted by Crippen LogP contribution is -2.07. The molecule has 0 spiro atoms. The maximum atomic E-state index is 6.16. The standard InChI is InChI=1S/C24H40O/c1-2-3-4-5-6-7-8-9-10-16-21-25-24-20-15-14-19-23(24)22-17-12-11-13-18-22/h14-15,19-20,22H,2-13,16-18,21H2,1H3. The highest BCUT2D eigenvalue weighted by atomic mass is 16.5. The maximum Gasteiger partial charge on any atom is 0.122 e. The first-order valence-corrected chi connectivity index (χ1v) is 11.1. The molecule has 0 N–H and O–H groups in total. The molecule has 0 saturated heterocycles. The van der Waals surface area contributed by atoms with Crippen LogP contribution in [0.3, 0.4) is 0 Å². The van der Waals surface area contributed by atoms with Crippen LogP contribution in [0.2, 0.25) is 0 Å². The van der Waals surface area contributed by atoms with Gasteiger partial charge in [-0.15, -0.1) is 0 Å². The molecule has 1 nitrogen and oxygen atoms in total. The highest BCUT2D eigenvalue weighted by Gasteiger charge is 2.18. The molecule has 2 rings (SSSR count). The molecule has 0 heterocycles. The molecule has 1 heteroatoms. The van der Waals surface area contributed by atoms with E-state index in [0.29, 0.717) is 0 Å². The smallest absolute Gasteiger partial charge is 0.122 e. The van der Waals surface area contributed by atoms with E-state index in [4.69, 9.17) is 4.74 Å². The van der Waals surface area contributed by atoms with Gasteiger partial charge in [0.15, 0.2) is 0 Å². The Kier molecular flexibility index (Phi) is 10.8. The Bertz CT molecular complexity index is 433. The molecule has 0 atom stereocenters. The second-order valence-corrected chi connectivity index (χ2v) is 7.90. The van der Waals surface area contributed by atoms with Crippen LogP contribution in [-0.2, 0) is 0 Å². The van der Waals surface area contributed by atoms with Crippen molar-refractivity contribution in [3.8, 4) is 5.75 Å². The van der Waals surface area contributed by atoms with E-state index in [2.05, 4.69) is 31.2 Å². The summed E-state index contributed by atoms with van der Waals surface area (Å²) in [6.07, 6.45) is 20.7. The van der Waals surface area contributed by atoms with Crippen LogP contribution in [-0.4, -0.2) is 6.61 Å². The van der Waals surface area contributed by atoms with Gasteiger partial charge >= 0.3 is 0 Å². The summed E-state index contributed by atoms with van der Waals surface area (Å²) in [6, 6.07) is 8.78. The van der Waals surface area contributed by atoms with Crippen molar-refractivity contribution in [3.63, 3.8) is 0 Å². The third-order valence-corrected chi connectivity index (χ3v) is 5.72. The van der Waals surface area contributed by atoms with E-state index in [1.54, 1.807) is 0 Å². The summed E-state index contributed by atoms with van der Waals surface area (Å²) in [4.78, 5) is 0. The molecule has 0 unspecified atom stereocenters. The number of hydrogen-bond acceptors (Lipinski definition) is 1. The molecule has 0 radical (unpaired) electrons. The van der Waals surface area contributed by atoms with Crippen molar-refractivity contribution < 1.29 is 4.74 Å². The summed E-state index contributed by atoms with van der Waals surface area (Å²) in [5.74, 6) is 1.89. The zero-order valence-corrected chi connectivity index (χ0v) is 16.6. The lowest BCUT2D eigenvalue weighted by molar-refractivity contribution is 0.296. The van der Waals surface area contributed by atoms with Crippen LogP contribution in [0.15, 0.2) is 24.3 Å². The van der Waals surface area contributed by atoms with E-state index in [-0.39, 0.29) is 0 Å². The Labute approximate surface area is 156 Å². The number of ether oxygens (including phenoxy) is 1. The van der Waals surface area contributed by atoms with E-state index in [0.717, 1.165) is 18.3 Å². The fraction of sp³-hybridized carbons (Fsp3) is 0.750. The van der Waals surface area contributed by atoms with Gasteiger partial charge in [0.05, 0.1) is 6.61 Å². The molecule has 1 aromatic carbocycles. The molecule has 1 fully saturated rings. The van der Waals surface area contributed by atoms with Crippen molar-refractivity contribution in [2.45, 2.75) is 109 Å². The molecule has 1 aliphatic carbocycles. The molecule has 0 aromatic heterocycles. The number of unbranched alkanes of at least 4 members (excludes halogenated alkanes) is 9. The third kappa shape index (κ3) is 8.29. The van der Waals surface area contributed by atoms with Crippen molar-refractivity contribution >= 4 is 0 Å². The van der Waals surface area contributed by atoms with Gasteiger partial charge in [-0.05, 0) is 36.8 Å². The van der Waals surface area contributed by atoms with Crippen molar-refractivity contribution in [3.05, 3.63) is 29.8 Å². The minimum Gasteiger partial charge on any atom is -0.493 e. The molecule has 25 heavy (non-hydrogen) atoms. The molecule has 0 amide bonds. The molecular formula is C24H40O. The summed E-state index contributed by atoms with van der Waals surface area (Å²) >= 11 is 0. The second-order valence-electron chi connectivity index (χ2n) is 7.90. The third-order valence-electron chi connectivity index (χ3n) is 5.72. The van der Waals surface area contributed by atoms with Gasteiger partial charge < -0.3 is 4.74 Å². The van der Waals surface area contributed by atoms with Gasteiger partial charge in [-0.1, -0.05) is 102 Å². The van der Waals surface area contributed by atoms with Gasteiger partial charge in [0.1, 0.15) is 5.75 Å². The highest BCUT2D eigenvalue weighted by Crippen LogP contribution is 2.37. The summed E-state index contributed by atoms with van der Waals surface area (Å²) in [5.41, 5.74) is 1.47. The Morgan fingerprint density at radius 3 is 2.04 bits per heavy atom. The van der Waals surface area contributed by atoms with Crippen molar-refractivity contribution in [1.82, 2.24) is 0 Å². The monoisotopic (exact) mass is 344 g/mol. The topological polar surface area (TPSA) is 9.23 Å². The van der Waals surface area contributed by atoms with Gasteiger partial charge in [0.2, 0.25) is 0 Å². The molecule has 0 aliphatic heterocycles. The minimum absolute atomic E-state index is 0.734. The van der Waals surface area contributed by atoms with Gasteiger partial charge in [0, 0.05) is 0 Å². The predicted molar refractivity (Wildman–Crippen MR) is 110 cm³/mol. The summed E-state index contributed by atoms with van der Waals surface area (Å²) in [7, 11) is 0. The Balaban J connectivity index is 1.55. The summed E-state index contributed by atoms with van der Waals surface area (Å²) < 4.78 is 6.16. The zero-order valence-electron chi connectivity index (χ0n) is 16.6. The van der Waals surface area contributed by atoms with Crippen LogP contribution in [0, 0.1) is 0 Å². The average Bonchev–Trinajstić information content (AvgIpc) is 2.67. The van der Waals surface area contributed by atoms with Crippen LogP contribution in [0.25, 0.3) is 0 Å². The molecule has 1 aliphatic rings. The second kappa shape index (κ2) is 13.3. The van der Waals surface area contributed by atoms with Crippen molar-refractivity contribution in [2.75, 3.05) is 6.61 Å². The Morgan fingerprint density at radius 1 is 0.760 bits per heavy atom. The number of rotatable bonds is 13. The molecule has 0 bridgehead atoms. The van der Waals surface area contributed by atoms with Crippen LogP contribution < -0.4 is 4.74 Å². The van der Waals surface area contributed by atoms with E-state index < -0.39 is 0 Å². The van der Waals surface area contributed by atoms with Crippen LogP contribution in [0.5, 0.6) is 5.75 Å². The van der Waals surface area contributed by atoms with Gasteiger partial charge in [-0.2, -0.15) is 0 Å². The molecule has 1 saturated carbocycles. The van der Waals surface area contributed by atoms with Crippen molar-refractivity contribution in [1.29, 1.82) is 0 Å². The fourth-order valence-electron chi connectivity index (χ4n) is 4.13. The van der Waals surface area contributed by atoms with E-state index >= 15 is 0 Å². The maximum absolute atomic E-state index is 6.16. The average molecular weight is 345 g/mol. The van der Waals surface area contributed by atoms with Gasteiger partial charge in [-0.25, -0.2) is 0 Å². The van der Waals surface area contributed by atoms with E-state index in [9.17, 15) is 0 Å². The molecule has 142 valence electrons. The van der Waals surface area contributed by atoms with Crippen LogP contribution >= 0.6 is 0 Å². The number of benzene rings is 1. The highest BCUT2D eigenvalue weighted by molar-refractivity contribution is 5.36. The zero-order chi connectivity index (χ0) is 17.6. The van der Waals surface area contributed by atoms with Crippen molar-refractivity contribution in [2.24, 2.45) is 0 Å². The number of para-hydroxylation sites is 1. The lowest BCUT2D eigenvalue weighted by Gasteiger charge is -2.24. The van der Waals surface area contributed by atoms with Gasteiger partial charge in [-0.3, -0.25) is 0 Å². The minimum atomic E-state index is 0.734. The predicted octanol–water partition coefficient (Wildman–Crippen LogP) is 8.03. The normalized spacial score (nSPS) is 15.4. The fourth-order valence-corrected chi connectivity index (χ4v) is 4.13. The first-order valence-electron chi connectivity index (χ1n) is 11.1. The van der Waals surface area contributed by atoms with Crippen LogP contribution in [0.4, 0.5) is 0 Å². The molecular weight excluding hydrogens is 304 g/mol. The SMILES string of the molecule is CCCCCCCCCCCCOc1ccccc1C1CCCCC1. The lowest BCUT2D eigenvalue weighted by atomic mass is 9.84. The quantitative estimate of drug-likeness (QED) is 0.329. The Morgan fingerprint density at radius 2 is 1.36 bits per heavy atom. The first-order chi connectivity index (χ1) is 12.4. The Hall–Kier alpha value is -0.980. The summed E-state index contributed by atoms with van der Waals surface area (Å²) in [5, 5.41) is 0. The largest absolute Gasteiger partial charge is 0.493 e. The van der Waals surface area contributed by atoms with Gasteiger partial charge in [0.25, 0.3) is 0 Å². The van der Waals surface area contributed by atoms with E-state index in [1.165, 1.54) is 102 Å². The first kappa shape index (κ1) is 20.3. The number of hydrogen-bond donors (Lipinski definition) is 0. The molecule has 1 aromatic rings. The van der Waals surface area contributed by atoms with E-state index in [1.807, 2.05) is 0 Å². The van der Waals surface area contributed by atoms with Crippen LogP contribution in [0.1, 0.15) is 115 Å².